The van der Waals surface area contributed by atoms with Gasteiger partial charge in [0, 0.05) is 11.5 Å². The fourth-order valence-corrected chi connectivity index (χ4v) is 2.32. The molecule has 0 saturated carbocycles. The van der Waals surface area contributed by atoms with Crippen molar-refractivity contribution in [2.75, 3.05) is 0 Å². The SMILES string of the molecule is CCCCC(CC)C(=O)c1cc(C)cc(C)c1. The number of hydrogen-bond donors (Lipinski definition) is 0. The van der Waals surface area contributed by atoms with Crippen molar-refractivity contribution in [2.24, 2.45) is 5.92 Å². The predicted molar refractivity (Wildman–Crippen MR) is 73.6 cm³/mol. The van der Waals surface area contributed by atoms with Gasteiger partial charge in [0.1, 0.15) is 0 Å². The van der Waals surface area contributed by atoms with Crippen molar-refractivity contribution < 1.29 is 4.79 Å². The average molecular weight is 232 g/mol. The number of Topliss-reactive ketones (excluding diaryl/α,β-unsaturated/α-hetero) is 1. The van der Waals surface area contributed by atoms with Gasteiger partial charge in [-0.25, -0.2) is 0 Å². The summed E-state index contributed by atoms with van der Waals surface area (Å²) in [6.07, 6.45) is 4.29. The van der Waals surface area contributed by atoms with Crippen molar-refractivity contribution in [1.82, 2.24) is 0 Å². The lowest BCUT2D eigenvalue weighted by Gasteiger charge is -2.14. The molecule has 0 fully saturated rings. The minimum atomic E-state index is 0.205. The van der Waals surface area contributed by atoms with Crippen LogP contribution in [0, 0.1) is 19.8 Å². The molecule has 0 N–H and O–H groups in total. The second kappa shape index (κ2) is 6.58. The van der Waals surface area contributed by atoms with Crippen LogP contribution in [0.2, 0.25) is 0 Å². The molecule has 17 heavy (non-hydrogen) atoms. The highest BCUT2D eigenvalue weighted by atomic mass is 16.1. The first-order valence-corrected chi connectivity index (χ1v) is 6.71. The number of unbranched alkanes of at least 4 members (excludes halogenated alkanes) is 1. The molecule has 1 aromatic carbocycles. The number of rotatable bonds is 6. The minimum Gasteiger partial charge on any atom is -0.294 e. The molecular weight excluding hydrogens is 208 g/mol. The van der Waals surface area contributed by atoms with Gasteiger partial charge in [-0.3, -0.25) is 4.79 Å². The average Bonchev–Trinajstić information content (AvgIpc) is 2.28. The number of carbonyl (C=O) groups excluding carboxylic acids is 1. The largest absolute Gasteiger partial charge is 0.294 e. The van der Waals surface area contributed by atoms with E-state index in [2.05, 4.69) is 33.8 Å². The first-order chi connectivity index (χ1) is 8.08. The number of ketones is 1. The van der Waals surface area contributed by atoms with E-state index in [1.807, 2.05) is 12.1 Å². The van der Waals surface area contributed by atoms with Crippen LogP contribution < -0.4 is 0 Å². The molecule has 1 nitrogen and oxygen atoms in total. The monoisotopic (exact) mass is 232 g/mol. The summed E-state index contributed by atoms with van der Waals surface area (Å²) in [7, 11) is 0. The third-order valence-corrected chi connectivity index (χ3v) is 3.28. The Bertz CT molecular complexity index is 359. The van der Waals surface area contributed by atoms with Gasteiger partial charge in [-0.2, -0.15) is 0 Å². The summed E-state index contributed by atoms with van der Waals surface area (Å²) in [5.74, 6) is 0.531. The van der Waals surface area contributed by atoms with E-state index in [1.54, 1.807) is 0 Å². The van der Waals surface area contributed by atoms with Crippen LogP contribution in [0.25, 0.3) is 0 Å². The zero-order chi connectivity index (χ0) is 12.8. The van der Waals surface area contributed by atoms with Crippen LogP contribution in [0.15, 0.2) is 18.2 Å². The van der Waals surface area contributed by atoms with Crippen molar-refractivity contribution >= 4 is 5.78 Å². The molecule has 1 atom stereocenters. The van der Waals surface area contributed by atoms with E-state index in [-0.39, 0.29) is 5.92 Å². The zero-order valence-electron chi connectivity index (χ0n) is 11.5. The summed E-state index contributed by atoms with van der Waals surface area (Å²) in [5.41, 5.74) is 3.25. The molecule has 0 bridgehead atoms. The molecule has 1 heteroatoms. The fourth-order valence-electron chi connectivity index (χ4n) is 2.32. The minimum absolute atomic E-state index is 0.205. The molecule has 0 spiro atoms. The van der Waals surface area contributed by atoms with Crippen LogP contribution in [0.5, 0.6) is 0 Å². The van der Waals surface area contributed by atoms with Gasteiger partial charge in [0.2, 0.25) is 0 Å². The van der Waals surface area contributed by atoms with Crippen LogP contribution in [-0.4, -0.2) is 5.78 Å². The highest BCUT2D eigenvalue weighted by molar-refractivity contribution is 5.98. The van der Waals surface area contributed by atoms with Crippen molar-refractivity contribution in [2.45, 2.75) is 53.4 Å². The smallest absolute Gasteiger partial charge is 0.165 e. The summed E-state index contributed by atoms with van der Waals surface area (Å²) in [4.78, 5) is 12.4. The first kappa shape index (κ1) is 14.0. The molecule has 0 aliphatic rings. The Hall–Kier alpha value is -1.11. The fraction of sp³-hybridized carbons (Fsp3) is 0.562. The summed E-state index contributed by atoms with van der Waals surface area (Å²) >= 11 is 0. The van der Waals surface area contributed by atoms with Gasteiger partial charge in [-0.15, -0.1) is 0 Å². The molecule has 0 radical (unpaired) electrons. The molecule has 1 unspecified atom stereocenters. The van der Waals surface area contributed by atoms with Crippen molar-refractivity contribution in [3.63, 3.8) is 0 Å². The van der Waals surface area contributed by atoms with E-state index in [0.29, 0.717) is 5.78 Å². The Kier molecular flexibility index (Phi) is 5.40. The highest BCUT2D eigenvalue weighted by Crippen LogP contribution is 2.20. The molecule has 0 heterocycles. The Labute approximate surface area is 105 Å². The molecule has 0 saturated heterocycles. The van der Waals surface area contributed by atoms with Gasteiger partial charge in [-0.1, -0.05) is 43.9 Å². The van der Waals surface area contributed by atoms with E-state index >= 15 is 0 Å². The molecule has 1 rings (SSSR count). The van der Waals surface area contributed by atoms with E-state index in [1.165, 1.54) is 11.1 Å². The maximum Gasteiger partial charge on any atom is 0.165 e. The standard InChI is InChI=1S/C16H24O/c1-5-7-8-14(6-2)16(17)15-10-12(3)9-13(4)11-15/h9-11,14H,5-8H2,1-4H3. The lowest BCUT2D eigenvalue weighted by molar-refractivity contribution is 0.0908. The molecule has 0 aliphatic heterocycles. The number of hydrogen-bond acceptors (Lipinski definition) is 1. The van der Waals surface area contributed by atoms with Gasteiger partial charge in [0.25, 0.3) is 0 Å². The van der Waals surface area contributed by atoms with E-state index in [0.717, 1.165) is 31.2 Å². The van der Waals surface area contributed by atoms with Gasteiger partial charge < -0.3 is 0 Å². The van der Waals surface area contributed by atoms with Gasteiger partial charge in [-0.05, 0) is 38.8 Å². The van der Waals surface area contributed by atoms with Crippen LogP contribution in [0.1, 0.15) is 61.0 Å². The number of benzene rings is 1. The Morgan fingerprint density at radius 2 is 1.71 bits per heavy atom. The van der Waals surface area contributed by atoms with Gasteiger partial charge in [0.05, 0.1) is 0 Å². The van der Waals surface area contributed by atoms with E-state index in [9.17, 15) is 4.79 Å². The summed E-state index contributed by atoms with van der Waals surface area (Å²) in [5, 5.41) is 0. The summed E-state index contributed by atoms with van der Waals surface area (Å²) in [6.45, 7) is 8.39. The lowest BCUT2D eigenvalue weighted by Crippen LogP contribution is -2.14. The van der Waals surface area contributed by atoms with Crippen molar-refractivity contribution in [1.29, 1.82) is 0 Å². The van der Waals surface area contributed by atoms with Crippen molar-refractivity contribution in [3.8, 4) is 0 Å². The molecule has 0 aliphatic carbocycles. The molecule has 94 valence electrons. The normalized spacial score (nSPS) is 12.5. The van der Waals surface area contributed by atoms with Crippen LogP contribution in [0.3, 0.4) is 0 Å². The maximum absolute atomic E-state index is 12.4. The summed E-state index contributed by atoms with van der Waals surface area (Å²) in [6, 6.07) is 6.15. The lowest BCUT2D eigenvalue weighted by atomic mass is 9.89. The molecule has 0 aromatic heterocycles. The number of aryl methyl sites for hydroxylation is 2. The van der Waals surface area contributed by atoms with Crippen LogP contribution in [-0.2, 0) is 0 Å². The summed E-state index contributed by atoms with van der Waals surface area (Å²) < 4.78 is 0. The number of carbonyl (C=O) groups is 1. The Morgan fingerprint density at radius 3 is 2.18 bits per heavy atom. The topological polar surface area (TPSA) is 17.1 Å². The predicted octanol–water partition coefficient (Wildman–Crippen LogP) is 4.70. The third-order valence-electron chi connectivity index (χ3n) is 3.28. The van der Waals surface area contributed by atoms with Gasteiger partial charge >= 0.3 is 0 Å². The Morgan fingerprint density at radius 1 is 1.12 bits per heavy atom. The third kappa shape index (κ3) is 3.99. The van der Waals surface area contributed by atoms with Crippen molar-refractivity contribution in [3.05, 3.63) is 34.9 Å². The van der Waals surface area contributed by atoms with E-state index in [4.69, 9.17) is 0 Å². The Balaban J connectivity index is 2.85. The molecular formula is C16H24O. The second-order valence-corrected chi connectivity index (χ2v) is 4.99. The van der Waals surface area contributed by atoms with Crippen LogP contribution >= 0.6 is 0 Å². The maximum atomic E-state index is 12.4. The molecule has 1 aromatic rings. The van der Waals surface area contributed by atoms with E-state index < -0.39 is 0 Å². The van der Waals surface area contributed by atoms with Crippen LogP contribution in [0.4, 0.5) is 0 Å². The molecule has 0 amide bonds. The highest BCUT2D eigenvalue weighted by Gasteiger charge is 2.17. The zero-order valence-corrected chi connectivity index (χ0v) is 11.5. The first-order valence-electron chi connectivity index (χ1n) is 6.71. The quantitative estimate of drug-likeness (QED) is 0.650. The van der Waals surface area contributed by atoms with Gasteiger partial charge in [0.15, 0.2) is 5.78 Å². The second-order valence-electron chi connectivity index (χ2n) is 4.99.